The molecule has 2 heterocycles. The minimum Gasteiger partial charge on any atom is -0.274 e. The van der Waals surface area contributed by atoms with Gasteiger partial charge >= 0.3 is 0 Å². The van der Waals surface area contributed by atoms with Crippen LogP contribution in [-0.4, -0.2) is 24.5 Å². The summed E-state index contributed by atoms with van der Waals surface area (Å²) in [6, 6.07) is 9.61. The zero-order valence-electron chi connectivity index (χ0n) is 9.23. The topological polar surface area (TPSA) is 56.5 Å². The second kappa shape index (κ2) is 4.54. The molecule has 0 saturated carbocycles. The first-order chi connectivity index (χ1) is 8.83. The van der Waals surface area contributed by atoms with Crippen molar-refractivity contribution in [1.82, 2.24) is 24.5 Å². The maximum Gasteiger partial charge on any atom is 0.239 e. The van der Waals surface area contributed by atoms with Gasteiger partial charge in [0.1, 0.15) is 6.33 Å². The summed E-state index contributed by atoms with van der Waals surface area (Å²) in [7, 11) is 0. The second-order valence-electron chi connectivity index (χ2n) is 3.56. The van der Waals surface area contributed by atoms with E-state index in [2.05, 4.69) is 19.9 Å². The van der Waals surface area contributed by atoms with E-state index in [-0.39, 0.29) is 5.28 Å². The van der Waals surface area contributed by atoms with Crippen LogP contribution in [0.15, 0.2) is 49.1 Å². The third kappa shape index (κ3) is 2.08. The molecule has 0 aliphatic carbocycles. The van der Waals surface area contributed by atoms with Gasteiger partial charge in [-0.15, -0.1) is 0 Å². The van der Waals surface area contributed by atoms with E-state index in [1.807, 2.05) is 30.3 Å². The largest absolute Gasteiger partial charge is 0.274 e. The monoisotopic (exact) mass is 257 g/mol. The lowest BCUT2D eigenvalue weighted by Crippen LogP contribution is -2.02. The van der Waals surface area contributed by atoms with E-state index in [1.165, 1.54) is 0 Å². The summed E-state index contributed by atoms with van der Waals surface area (Å²) < 4.78 is 1.68. The zero-order valence-corrected chi connectivity index (χ0v) is 9.99. The molecule has 0 atom stereocenters. The van der Waals surface area contributed by atoms with Crippen molar-refractivity contribution in [3.63, 3.8) is 0 Å². The quantitative estimate of drug-likeness (QED) is 0.707. The Kier molecular flexibility index (Phi) is 2.74. The lowest BCUT2D eigenvalue weighted by molar-refractivity contribution is 0.899. The maximum atomic E-state index is 5.92. The Hall–Kier alpha value is -2.27. The van der Waals surface area contributed by atoms with E-state index >= 15 is 0 Å². The van der Waals surface area contributed by atoms with Gasteiger partial charge < -0.3 is 0 Å². The van der Waals surface area contributed by atoms with Gasteiger partial charge in [-0.2, -0.15) is 15.0 Å². The van der Waals surface area contributed by atoms with Crippen LogP contribution >= 0.6 is 11.6 Å². The Labute approximate surface area is 108 Å². The molecule has 2 aromatic heterocycles. The highest BCUT2D eigenvalue weighted by Crippen LogP contribution is 2.16. The van der Waals surface area contributed by atoms with Gasteiger partial charge in [-0.05, 0) is 11.6 Å². The third-order valence-electron chi connectivity index (χ3n) is 2.36. The Morgan fingerprint density at radius 2 is 1.83 bits per heavy atom. The van der Waals surface area contributed by atoms with Gasteiger partial charge in [-0.1, -0.05) is 30.3 Å². The first-order valence-electron chi connectivity index (χ1n) is 5.28. The molecule has 18 heavy (non-hydrogen) atoms. The fraction of sp³-hybridized carbons (Fsp3) is 0. The summed E-state index contributed by atoms with van der Waals surface area (Å²) in [4.78, 5) is 16.5. The maximum absolute atomic E-state index is 5.92. The van der Waals surface area contributed by atoms with E-state index < -0.39 is 0 Å². The molecule has 3 rings (SSSR count). The molecule has 5 nitrogen and oxygen atoms in total. The molecule has 0 unspecified atom stereocenters. The number of rotatable bonds is 2. The van der Waals surface area contributed by atoms with Crippen LogP contribution in [0.5, 0.6) is 0 Å². The molecule has 0 fully saturated rings. The predicted molar refractivity (Wildman–Crippen MR) is 67.4 cm³/mol. The molecule has 0 amide bonds. The summed E-state index contributed by atoms with van der Waals surface area (Å²) in [5.41, 5.74) is 0.892. The molecular formula is C12H8ClN5. The molecule has 0 spiro atoms. The van der Waals surface area contributed by atoms with E-state index in [4.69, 9.17) is 11.6 Å². The molecule has 0 N–H and O–H groups in total. The van der Waals surface area contributed by atoms with Crippen LogP contribution in [0.25, 0.3) is 17.3 Å². The van der Waals surface area contributed by atoms with Gasteiger partial charge in [-0.3, -0.25) is 4.57 Å². The minimum absolute atomic E-state index is 0.160. The lowest BCUT2D eigenvalue weighted by atomic mass is 10.2. The molecule has 3 aromatic rings. The zero-order chi connectivity index (χ0) is 12.4. The molecule has 0 aliphatic rings. The average molecular weight is 258 g/mol. The van der Waals surface area contributed by atoms with Gasteiger partial charge in [0, 0.05) is 18.0 Å². The van der Waals surface area contributed by atoms with Crippen LogP contribution in [-0.2, 0) is 0 Å². The van der Waals surface area contributed by atoms with Gasteiger partial charge in [0.2, 0.25) is 11.2 Å². The van der Waals surface area contributed by atoms with Crippen molar-refractivity contribution in [1.29, 1.82) is 0 Å². The summed E-state index contributed by atoms with van der Waals surface area (Å²) >= 11 is 5.92. The molecule has 0 radical (unpaired) electrons. The van der Waals surface area contributed by atoms with Gasteiger partial charge in [0.15, 0.2) is 5.82 Å². The molecule has 0 saturated heterocycles. The van der Waals surface area contributed by atoms with Crippen LogP contribution in [0.4, 0.5) is 0 Å². The SMILES string of the molecule is Clc1nc(-c2ccccc2)nc(-n2ccnc2)n1. The summed E-state index contributed by atoms with van der Waals surface area (Å²) in [6.07, 6.45) is 5.01. The smallest absolute Gasteiger partial charge is 0.239 e. The standard InChI is InChI=1S/C12H8ClN5/c13-11-15-10(9-4-2-1-3-5-9)16-12(17-11)18-7-6-14-8-18/h1-8H. The number of halogens is 1. The van der Waals surface area contributed by atoms with E-state index in [1.54, 1.807) is 23.3 Å². The second-order valence-corrected chi connectivity index (χ2v) is 3.90. The average Bonchev–Trinajstić information content (AvgIpc) is 2.93. The minimum atomic E-state index is 0.160. The molecular weight excluding hydrogens is 250 g/mol. The van der Waals surface area contributed by atoms with Gasteiger partial charge in [0.25, 0.3) is 0 Å². The van der Waals surface area contributed by atoms with Crippen molar-refractivity contribution in [3.05, 3.63) is 54.3 Å². The molecule has 6 heteroatoms. The number of hydrogen-bond donors (Lipinski definition) is 0. The van der Waals surface area contributed by atoms with E-state index in [0.29, 0.717) is 11.8 Å². The predicted octanol–water partition coefficient (Wildman–Crippen LogP) is 2.38. The molecule has 0 aliphatic heterocycles. The lowest BCUT2D eigenvalue weighted by Gasteiger charge is -2.04. The van der Waals surface area contributed by atoms with Crippen LogP contribution in [0, 0.1) is 0 Å². The summed E-state index contributed by atoms with van der Waals surface area (Å²) in [6.45, 7) is 0. The Morgan fingerprint density at radius 1 is 1.00 bits per heavy atom. The Bertz CT molecular complexity index is 651. The first kappa shape index (κ1) is 10.9. The highest BCUT2D eigenvalue weighted by Gasteiger charge is 2.07. The number of aromatic nitrogens is 5. The molecule has 88 valence electrons. The fourth-order valence-corrected chi connectivity index (χ4v) is 1.70. The van der Waals surface area contributed by atoms with Crippen molar-refractivity contribution >= 4 is 11.6 Å². The fourth-order valence-electron chi connectivity index (χ4n) is 1.55. The van der Waals surface area contributed by atoms with E-state index in [9.17, 15) is 0 Å². The van der Waals surface area contributed by atoms with Crippen LogP contribution < -0.4 is 0 Å². The highest BCUT2D eigenvalue weighted by atomic mass is 35.5. The van der Waals surface area contributed by atoms with Gasteiger partial charge in [0.05, 0.1) is 0 Å². The van der Waals surface area contributed by atoms with Crippen LogP contribution in [0.2, 0.25) is 5.28 Å². The number of hydrogen-bond acceptors (Lipinski definition) is 4. The molecule has 0 bridgehead atoms. The number of nitrogens with zero attached hydrogens (tertiary/aromatic N) is 5. The van der Waals surface area contributed by atoms with Gasteiger partial charge in [-0.25, -0.2) is 4.98 Å². The van der Waals surface area contributed by atoms with Crippen molar-refractivity contribution < 1.29 is 0 Å². The Balaban J connectivity index is 2.12. The first-order valence-corrected chi connectivity index (χ1v) is 5.66. The third-order valence-corrected chi connectivity index (χ3v) is 2.53. The highest BCUT2D eigenvalue weighted by molar-refractivity contribution is 6.28. The van der Waals surface area contributed by atoms with Crippen molar-refractivity contribution in [2.45, 2.75) is 0 Å². The van der Waals surface area contributed by atoms with Crippen molar-refractivity contribution in [2.24, 2.45) is 0 Å². The molecule has 1 aromatic carbocycles. The van der Waals surface area contributed by atoms with Crippen LogP contribution in [0.3, 0.4) is 0 Å². The van der Waals surface area contributed by atoms with Crippen LogP contribution in [0.1, 0.15) is 0 Å². The Morgan fingerprint density at radius 3 is 2.56 bits per heavy atom. The summed E-state index contributed by atoms with van der Waals surface area (Å²) in [5, 5.41) is 0.160. The van der Waals surface area contributed by atoms with Crippen molar-refractivity contribution in [3.8, 4) is 17.3 Å². The van der Waals surface area contributed by atoms with Crippen molar-refractivity contribution in [2.75, 3.05) is 0 Å². The number of benzene rings is 1. The van der Waals surface area contributed by atoms with E-state index in [0.717, 1.165) is 5.56 Å². The number of imidazole rings is 1. The summed E-state index contributed by atoms with van der Waals surface area (Å²) in [5.74, 6) is 0.991. The normalized spacial score (nSPS) is 10.5.